The maximum atomic E-state index is 12.7. The van der Waals surface area contributed by atoms with Crippen LogP contribution < -0.4 is 4.31 Å². The number of carbonyl (C=O) groups excluding carboxylic acids is 2. The van der Waals surface area contributed by atoms with Gasteiger partial charge in [-0.15, -0.1) is 0 Å². The molecule has 0 fully saturated rings. The van der Waals surface area contributed by atoms with Crippen molar-refractivity contribution >= 4 is 27.6 Å². The number of sulfonamides is 1. The quantitative estimate of drug-likeness (QED) is 0.611. The van der Waals surface area contributed by atoms with Crippen LogP contribution in [-0.2, 0) is 19.6 Å². The fraction of sp³-hybridized carbons (Fsp3) is 0.250. The molecule has 0 heterocycles. The fourth-order valence-electron chi connectivity index (χ4n) is 2.36. The predicted molar refractivity (Wildman–Crippen MR) is 107 cm³/mol. The van der Waals surface area contributed by atoms with Crippen molar-refractivity contribution in [3.05, 3.63) is 60.2 Å². The number of ether oxygens (including phenoxy) is 1. The van der Waals surface area contributed by atoms with Gasteiger partial charge in [0, 0.05) is 20.6 Å². The number of amides is 1. The smallest absolute Gasteiger partial charge is 0.338 e. The van der Waals surface area contributed by atoms with Gasteiger partial charge >= 0.3 is 5.97 Å². The minimum absolute atomic E-state index is 0.0210. The van der Waals surface area contributed by atoms with Crippen molar-refractivity contribution in [2.75, 3.05) is 31.6 Å². The molecule has 1 amide bonds. The summed E-state index contributed by atoms with van der Waals surface area (Å²) in [5.74, 6) is -1.18. The van der Waals surface area contributed by atoms with Gasteiger partial charge < -0.3 is 9.64 Å². The van der Waals surface area contributed by atoms with Gasteiger partial charge in [-0.25, -0.2) is 13.2 Å². The molecular weight excluding hydrogens is 394 g/mol. The summed E-state index contributed by atoms with van der Waals surface area (Å²) in [6.07, 6.45) is 0.184. The normalized spacial score (nSPS) is 10.7. The van der Waals surface area contributed by atoms with E-state index in [-0.39, 0.29) is 23.4 Å². The molecule has 9 heteroatoms. The SMILES string of the molecule is CN(CCC#N)C(=O)COC(=O)c1ccc(S(=O)(=O)N(C)c2ccccc2)cc1. The van der Waals surface area contributed by atoms with Crippen LogP contribution in [0.1, 0.15) is 16.8 Å². The van der Waals surface area contributed by atoms with Gasteiger partial charge in [0.2, 0.25) is 0 Å². The lowest BCUT2D eigenvalue weighted by Gasteiger charge is -2.19. The van der Waals surface area contributed by atoms with E-state index in [0.29, 0.717) is 5.69 Å². The lowest BCUT2D eigenvalue weighted by atomic mass is 10.2. The van der Waals surface area contributed by atoms with Crippen LogP contribution in [0.15, 0.2) is 59.5 Å². The molecule has 0 N–H and O–H groups in total. The van der Waals surface area contributed by atoms with Crippen molar-refractivity contribution in [2.45, 2.75) is 11.3 Å². The second kappa shape index (κ2) is 9.71. The van der Waals surface area contributed by atoms with Crippen LogP contribution in [0.3, 0.4) is 0 Å². The third kappa shape index (κ3) is 5.56. The molecule has 0 atom stereocenters. The van der Waals surface area contributed by atoms with Crippen molar-refractivity contribution in [1.82, 2.24) is 4.90 Å². The monoisotopic (exact) mass is 415 g/mol. The second-order valence-electron chi connectivity index (χ2n) is 6.13. The first-order valence-electron chi connectivity index (χ1n) is 8.69. The van der Waals surface area contributed by atoms with Crippen molar-refractivity contribution < 1.29 is 22.7 Å². The first-order chi connectivity index (χ1) is 13.8. The van der Waals surface area contributed by atoms with Gasteiger partial charge in [-0.05, 0) is 36.4 Å². The summed E-state index contributed by atoms with van der Waals surface area (Å²) in [4.78, 5) is 25.2. The van der Waals surface area contributed by atoms with E-state index < -0.39 is 28.5 Å². The molecule has 0 aliphatic carbocycles. The molecule has 29 heavy (non-hydrogen) atoms. The molecule has 0 saturated carbocycles. The zero-order valence-electron chi connectivity index (χ0n) is 16.1. The Hall–Kier alpha value is -3.38. The fourth-order valence-corrected chi connectivity index (χ4v) is 3.56. The van der Waals surface area contributed by atoms with Gasteiger partial charge in [-0.3, -0.25) is 9.10 Å². The standard InChI is InChI=1S/C20H21N3O5S/c1-22(14-6-13-21)19(24)15-28-20(25)16-9-11-18(12-10-16)29(26,27)23(2)17-7-4-3-5-8-17/h3-5,7-12H,6,14-15H2,1-2H3. The third-order valence-electron chi connectivity index (χ3n) is 4.18. The molecule has 0 spiro atoms. The van der Waals surface area contributed by atoms with Crippen molar-refractivity contribution in [2.24, 2.45) is 0 Å². The van der Waals surface area contributed by atoms with Crippen LogP contribution in [0.4, 0.5) is 5.69 Å². The van der Waals surface area contributed by atoms with E-state index in [2.05, 4.69) is 0 Å². The Morgan fingerprint density at radius 1 is 1.03 bits per heavy atom. The number of hydrogen-bond donors (Lipinski definition) is 0. The van der Waals surface area contributed by atoms with E-state index in [4.69, 9.17) is 10.00 Å². The van der Waals surface area contributed by atoms with Crippen molar-refractivity contribution in [1.29, 1.82) is 5.26 Å². The number of rotatable bonds is 8. The molecule has 0 radical (unpaired) electrons. The Kier molecular flexibility index (Phi) is 7.33. The van der Waals surface area contributed by atoms with E-state index in [1.807, 2.05) is 6.07 Å². The number of carbonyl (C=O) groups is 2. The van der Waals surface area contributed by atoms with Crippen LogP contribution in [0, 0.1) is 11.3 Å². The Bertz CT molecular complexity index is 999. The third-order valence-corrected chi connectivity index (χ3v) is 5.98. The molecule has 0 unspecified atom stereocenters. The minimum atomic E-state index is -3.79. The number of likely N-dealkylation sites (N-methyl/N-ethyl adjacent to an activating group) is 1. The topological polar surface area (TPSA) is 108 Å². The summed E-state index contributed by atoms with van der Waals surface area (Å²) in [5.41, 5.74) is 0.633. The van der Waals surface area contributed by atoms with Crippen molar-refractivity contribution in [3.63, 3.8) is 0 Å². The Labute approximate surface area is 170 Å². The van der Waals surface area contributed by atoms with E-state index in [1.165, 1.54) is 43.3 Å². The van der Waals surface area contributed by atoms with Crippen LogP contribution >= 0.6 is 0 Å². The van der Waals surface area contributed by atoms with Crippen LogP contribution in [0.2, 0.25) is 0 Å². The highest BCUT2D eigenvalue weighted by Gasteiger charge is 2.22. The summed E-state index contributed by atoms with van der Waals surface area (Å²) in [6, 6.07) is 15.8. The number of anilines is 1. The van der Waals surface area contributed by atoms with E-state index in [9.17, 15) is 18.0 Å². The van der Waals surface area contributed by atoms with Crippen LogP contribution in [-0.4, -0.2) is 52.4 Å². The molecule has 0 aromatic heterocycles. The van der Waals surface area contributed by atoms with E-state index in [0.717, 1.165) is 4.31 Å². The van der Waals surface area contributed by atoms with Gasteiger partial charge in [0.1, 0.15) is 0 Å². The Morgan fingerprint density at radius 2 is 1.66 bits per heavy atom. The van der Waals surface area contributed by atoms with Gasteiger partial charge in [-0.1, -0.05) is 18.2 Å². The van der Waals surface area contributed by atoms with Crippen molar-refractivity contribution in [3.8, 4) is 6.07 Å². The lowest BCUT2D eigenvalue weighted by molar-refractivity contribution is -0.133. The molecular formula is C20H21N3O5S. The average Bonchev–Trinajstić information content (AvgIpc) is 2.75. The first kappa shape index (κ1) is 21.9. The van der Waals surface area contributed by atoms with Crippen LogP contribution in [0.25, 0.3) is 0 Å². The molecule has 0 aliphatic heterocycles. The maximum absolute atomic E-state index is 12.7. The summed E-state index contributed by atoms with van der Waals surface area (Å²) >= 11 is 0. The van der Waals surface area contributed by atoms with E-state index in [1.54, 1.807) is 30.3 Å². The number of hydrogen-bond acceptors (Lipinski definition) is 6. The average molecular weight is 415 g/mol. The van der Waals surface area contributed by atoms with Gasteiger partial charge in [0.25, 0.3) is 15.9 Å². The predicted octanol–water partition coefficient (Wildman–Crippen LogP) is 2.04. The molecule has 8 nitrogen and oxygen atoms in total. The second-order valence-corrected chi connectivity index (χ2v) is 8.10. The highest BCUT2D eigenvalue weighted by atomic mass is 32.2. The van der Waals surface area contributed by atoms with Gasteiger partial charge in [-0.2, -0.15) is 5.26 Å². The molecule has 2 aromatic carbocycles. The minimum Gasteiger partial charge on any atom is -0.452 e. The summed E-state index contributed by atoms with van der Waals surface area (Å²) in [5, 5.41) is 8.52. The summed E-state index contributed by atoms with van der Waals surface area (Å²) in [6.45, 7) is -0.216. The zero-order valence-corrected chi connectivity index (χ0v) is 16.9. The van der Waals surface area contributed by atoms with Gasteiger partial charge in [0.15, 0.2) is 6.61 Å². The highest BCUT2D eigenvalue weighted by Crippen LogP contribution is 2.22. The zero-order chi connectivity index (χ0) is 21.4. The molecule has 0 saturated heterocycles. The van der Waals surface area contributed by atoms with E-state index >= 15 is 0 Å². The number of para-hydroxylation sites is 1. The lowest BCUT2D eigenvalue weighted by Crippen LogP contribution is -2.31. The summed E-state index contributed by atoms with van der Waals surface area (Å²) in [7, 11) is -0.830. The highest BCUT2D eigenvalue weighted by molar-refractivity contribution is 7.92. The molecule has 2 aromatic rings. The Morgan fingerprint density at radius 3 is 2.24 bits per heavy atom. The summed E-state index contributed by atoms with van der Waals surface area (Å²) < 4.78 is 31.6. The number of nitriles is 1. The maximum Gasteiger partial charge on any atom is 0.338 e. The Balaban J connectivity index is 2.03. The molecule has 0 aliphatic rings. The molecule has 0 bridgehead atoms. The molecule has 152 valence electrons. The number of esters is 1. The number of benzene rings is 2. The largest absolute Gasteiger partial charge is 0.452 e. The van der Waals surface area contributed by atoms with Gasteiger partial charge in [0.05, 0.1) is 28.6 Å². The van der Waals surface area contributed by atoms with Crippen LogP contribution in [0.5, 0.6) is 0 Å². The number of nitrogens with zero attached hydrogens (tertiary/aromatic N) is 3. The first-order valence-corrected chi connectivity index (χ1v) is 10.1. The molecule has 2 rings (SSSR count).